The summed E-state index contributed by atoms with van der Waals surface area (Å²) in [6, 6.07) is 9.00. The summed E-state index contributed by atoms with van der Waals surface area (Å²) in [7, 11) is 0. The third kappa shape index (κ3) is 3.18. The number of halogens is 3. The van der Waals surface area contributed by atoms with Crippen LogP contribution in [0.3, 0.4) is 0 Å². The van der Waals surface area contributed by atoms with Crippen LogP contribution in [0.4, 0.5) is 4.39 Å². The SMILES string of the molecule is C[C@@H](N)c1cccc(F)c1Oc1ccc(Cl)cc1Cl. The fraction of sp³-hybridized carbons (Fsp3) is 0.143. The van der Waals surface area contributed by atoms with Crippen LogP contribution in [0.2, 0.25) is 10.0 Å². The Morgan fingerprint density at radius 3 is 2.58 bits per heavy atom. The number of hydrogen-bond acceptors (Lipinski definition) is 2. The highest BCUT2D eigenvalue weighted by atomic mass is 35.5. The summed E-state index contributed by atoms with van der Waals surface area (Å²) in [5.74, 6) is -0.0689. The van der Waals surface area contributed by atoms with Crippen molar-refractivity contribution in [2.75, 3.05) is 0 Å². The van der Waals surface area contributed by atoms with Crippen molar-refractivity contribution in [2.45, 2.75) is 13.0 Å². The minimum atomic E-state index is -0.485. The molecule has 1 atom stereocenters. The molecule has 2 rings (SSSR count). The molecule has 0 saturated carbocycles. The van der Waals surface area contributed by atoms with Crippen molar-refractivity contribution in [1.29, 1.82) is 0 Å². The highest BCUT2D eigenvalue weighted by molar-refractivity contribution is 6.35. The largest absolute Gasteiger partial charge is 0.452 e. The van der Waals surface area contributed by atoms with Crippen LogP contribution in [-0.4, -0.2) is 0 Å². The van der Waals surface area contributed by atoms with Gasteiger partial charge in [-0.3, -0.25) is 0 Å². The number of benzene rings is 2. The molecule has 2 aromatic carbocycles. The van der Waals surface area contributed by atoms with Crippen LogP contribution in [0.15, 0.2) is 36.4 Å². The molecular weight excluding hydrogens is 288 g/mol. The molecule has 0 aliphatic heterocycles. The van der Waals surface area contributed by atoms with E-state index in [9.17, 15) is 4.39 Å². The molecule has 2 aromatic rings. The highest BCUT2D eigenvalue weighted by Gasteiger charge is 2.15. The van der Waals surface area contributed by atoms with Crippen molar-refractivity contribution >= 4 is 23.2 Å². The van der Waals surface area contributed by atoms with Crippen LogP contribution in [0.25, 0.3) is 0 Å². The van der Waals surface area contributed by atoms with Gasteiger partial charge in [-0.1, -0.05) is 35.3 Å². The maximum atomic E-state index is 13.9. The first kappa shape index (κ1) is 14.1. The Kier molecular flexibility index (Phi) is 4.30. The zero-order valence-electron chi connectivity index (χ0n) is 10.2. The molecule has 0 unspecified atom stereocenters. The molecule has 100 valence electrons. The number of nitrogens with two attached hydrogens (primary N) is 1. The second-order valence-corrected chi connectivity index (χ2v) is 4.97. The van der Waals surface area contributed by atoms with E-state index in [1.807, 2.05) is 0 Å². The van der Waals surface area contributed by atoms with Gasteiger partial charge in [0.15, 0.2) is 11.6 Å². The molecule has 2 N–H and O–H groups in total. The average Bonchev–Trinajstić information content (AvgIpc) is 2.34. The molecule has 2 nitrogen and oxygen atoms in total. The van der Waals surface area contributed by atoms with Gasteiger partial charge in [0.2, 0.25) is 0 Å². The Labute approximate surface area is 120 Å². The van der Waals surface area contributed by atoms with Crippen LogP contribution in [0.1, 0.15) is 18.5 Å². The van der Waals surface area contributed by atoms with Gasteiger partial charge in [-0.25, -0.2) is 4.39 Å². The zero-order valence-corrected chi connectivity index (χ0v) is 11.7. The first-order chi connectivity index (χ1) is 8.99. The first-order valence-electron chi connectivity index (χ1n) is 5.66. The van der Waals surface area contributed by atoms with E-state index in [-0.39, 0.29) is 11.8 Å². The van der Waals surface area contributed by atoms with E-state index in [0.29, 0.717) is 21.4 Å². The molecule has 0 fully saturated rings. The molecule has 0 heterocycles. The summed E-state index contributed by atoms with van der Waals surface area (Å²) < 4.78 is 19.4. The maximum absolute atomic E-state index is 13.9. The Morgan fingerprint density at radius 1 is 1.21 bits per heavy atom. The molecule has 0 aliphatic carbocycles. The minimum Gasteiger partial charge on any atom is -0.452 e. The van der Waals surface area contributed by atoms with E-state index >= 15 is 0 Å². The molecule has 0 aliphatic rings. The van der Waals surface area contributed by atoms with Crippen LogP contribution < -0.4 is 10.5 Å². The number of rotatable bonds is 3. The van der Waals surface area contributed by atoms with Crippen molar-refractivity contribution < 1.29 is 9.13 Å². The molecule has 0 amide bonds. The fourth-order valence-electron chi connectivity index (χ4n) is 1.66. The number of hydrogen-bond donors (Lipinski definition) is 1. The third-order valence-corrected chi connectivity index (χ3v) is 3.12. The van der Waals surface area contributed by atoms with Crippen molar-refractivity contribution in [3.8, 4) is 11.5 Å². The van der Waals surface area contributed by atoms with Gasteiger partial charge < -0.3 is 10.5 Å². The predicted octanol–water partition coefficient (Wildman–Crippen LogP) is 4.94. The lowest BCUT2D eigenvalue weighted by molar-refractivity contribution is 0.433. The van der Waals surface area contributed by atoms with Gasteiger partial charge in [-0.05, 0) is 31.2 Å². The van der Waals surface area contributed by atoms with Crippen molar-refractivity contribution in [3.05, 3.63) is 57.8 Å². The lowest BCUT2D eigenvalue weighted by atomic mass is 10.1. The lowest BCUT2D eigenvalue weighted by Gasteiger charge is -2.15. The van der Waals surface area contributed by atoms with E-state index < -0.39 is 5.82 Å². The lowest BCUT2D eigenvalue weighted by Crippen LogP contribution is -2.07. The zero-order chi connectivity index (χ0) is 14.0. The smallest absolute Gasteiger partial charge is 0.167 e. The van der Waals surface area contributed by atoms with E-state index in [0.717, 1.165) is 0 Å². The summed E-state index contributed by atoms with van der Waals surface area (Å²) in [6.45, 7) is 1.76. The van der Waals surface area contributed by atoms with Crippen molar-refractivity contribution in [3.63, 3.8) is 0 Å². The van der Waals surface area contributed by atoms with Gasteiger partial charge >= 0.3 is 0 Å². The molecular formula is C14H12Cl2FNO. The van der Waals surface area contributed by atoms with Gasteiger partial charge in [0.05, 0.1) is 5.02 Å². The van der Waals surface area contributed by atoms with E-state index in [1.165, 1.54) is 12.1 Å². The third-order valence-electron chi connectivity index (χ3n) is 2.59. The quantitative estimate of drug-likeness (QED) is 0.871. The summed E-state index contributed by atoms with van der Waals surface area (Å²) in [4.78, 5) is 0. The van der Waals surface area contributed by atoms with Gasteiger partial charge in [0, 0.05) is 16.6 Å². The monoisotopic (exact) mass is 299 g/mol. The van der Waals surface area contributed by atoms with Crippen LogP contribution >= 0.6 is 23.2 Å². The van der Waals surface area contributed by atoms with Gasteiger partial charge in [0.1, 0.15) is 5.75 Å². The normalized spacial score (nSPS) is 12.3. The van der Waals surface area contributed by atoms with Gasteiger partial charge in [-0.15, -0.1) is 0 Å². The molecule has 19 heavy (non-hydrogen) atoms. The first-order valence-corrected chi connectivity index (χ1v) is 6.41. The van der Waals surface area contributed by atoms with Crippen molar-refractivity contribution in [2.24, 2.45) is 5.73 Å². The molecule has 0 spiro atoms. The summed E-state index contributed by atoms with van der Waals surface area (Å²) in [5, 5.41) is 0.796. The number of ether oxygens (including phenoxy) is 1. The Hall–Kier alpha value is -1.29. The van der Waals surface area contributed by atoms with E-state index in [4.69, 9.17) is 33.7 Å². The number of para-hydroxylation sites is 1. The summed E-state index contributed by atoms with van der Waals surface area (Å²) in [5.41, 5.74) is 6.37. The molecule has 0 bridgehead atoms. The Morgan fingerprint density at radius 2 is 1.95 bits per heavy atom. The second kappa shape index (κ2) is 5.78. The van der Waals surface area contributed by atoms with Crippen LogP contribution in [0.5, 0.6) is 11.5 Å². The highest BCUT2D eigenvalue weighted by Crippen LogP contribution is 2.35. The second-order valence-electron chi connectivity index (χ2n) is 4.12. The van der Waals surface area contributed by atoms with Crippen LogP contribution in [0, 0.1) is 5.82 Å². The minimum absolute atomic E-state index is 0.0849. The van der Waals surface area contributed by atoms with E-state index in [1.54, 1.807) is 31.2 Å². The van der Waals surface area contributed by atoms with Crippen LogP contribution in [-0.2, 0) is 0 Å². The van der Waals surface area contributed by atoms with Gasteiger partial charge in [0.25, 0.3) is 0 Å². The van der Waals surface area contributed by atoms with Gasteiger partial charge in [-0.2, -0.15) is 0 Å². The summed E-state index contributed by atoms with van der Waals surface area (Å²) in [6.07, 6.45) is 0. The molecule has 5 heteroatoms. The summed E-state index contributed by atoms with van der Waals surface area (Å²) >= 11 is 11.8. The molecule has 0 saturated heterocycles. The standard InChI is InChI=1S/C14H12Cl2FNO/c1-8(18)10-3-2-4-12(17)14(10)19-13-6-5-9(15)7-11(13)16/h2-8H,18H2,1H3/t8-/m1/s1. The molecule has 0 radical (unpaired) electrons. The Bertz CT molecular complexity index is 602. The predicted molar refractivity (Wildman–Crippen MR) is 75.5 cm³/mol. The fourth-order valence-corrected chi connectivity index (χ4v) is 2.11. The molecule has 0 aromatic heterocycles. The topological polar surface area (TPSA) is 35.2 Å². The average molecular weight is 300 g/mol. The Balaban J connectivity index is 2.43. The van der Waals surface area contributed by atoms with Crippen molar-refractivity contribution in [1.82, 2.24) is 0 Å². The van der Waals surface area contributed by atoms with E-state index in [2.05, 4.69) is 0 Å². The maximum Gasteiger partial charge on any atom is 0.167 e.